The molecule has 0 spiro atoms. The van der Waals surface area contributed by atoms with Crippen molar-refractivity contribution in [2.45, 2.75) is 93.9 Å². The molecule has 8 heterocycles. The minimum atomic E-state index is -0.891. The normalized spacial score (nSPS) is 35.5. The maximum atomic E-state index is 15.4. The summed E-state index contributed by atoms with van der Waals surface area (Å²) in [5, 5.41) is 0.0219. The summed E-state index contributed by atoms with van der Waals surface area (Å²) in [5.41, 5.74) is -1.57. The van der Waals surface area contributed by atoms with Gasteiger partial charge in [-0.25, -0.2) is 8.78 Å². The molecule has 2 aromatic heterocycles. The first-order valence-electron chi connectivity index (χ1n) is 14.5. The Morgan fingerprint density at radius 2 is 2.00 bits per heavy atom. The smallest absolute Gasteiger partial charge is 0.327 e. The van der Waals surface area contributed by atoms with E-state index < -0.39 is 28.7 Å². The number of carbonyl (C=O) groups is 1. The van der Waals surface area contributed by atoms with Gasteiger partial charge in [-0.2, -0.15) is 15.0 Å². The maximum absolute atomic E-state index is 15.4. The number of hydrogen-bond donors (Lipinski definition) is 0. The van der Waals surface area contributed by atoms with Gasteiger partial charge >= 0.3 is 12.0 Å². The molecule has 6 aliphatic heterocycles. The molecule has 13 heteroatoms. The lowest BCUT2D eigenvalue weighted by Gasteiger charge is -2.73. The number of halogens is 3. The Balaban J connectivity index is 1.14. The minimum absolute atomic E-state index is 0.0102. The minimum Gasteiger partial charge on any atom is -0.475 e. The van der Waals surface area contributed by atoms with Crippen LogP contribution in [0.1, 0.15) is 52.9 Å². The Labute approximate surface area is 241 Å². The molecule has 2 aromatic rings. The number of pyridine rings is 1. The van der Waals surface area contributed by atoms with E-state index in [4.69, 9.17) is 30.8 Å². The average Bonchev–Trinajstić information content (AvgIpc) is 3.35. The Bertz CT molecular complexity index is 1480. The molecule has 6 atom stereocenters. The SMILES string of the molecule is CC(C)(C)OC(=O)C12C[C@H]3CN4c5nc(OC[C@@]67CCCN6C[C@H](F)C7)nc6c(F)c(Cl)nc(c56)OC[C@@H]4[C@@H](C1)N32. The number of ether oxygens (including phenoxy) is 3. The Kier molecular flexibility index (Phi) is 5.41. The molecule has 0 aliphatic carbocycles. The number of aromatic nitrogens is 3. The van der Waals surface area contributed by atoms with E-state index in [1.54, 1.807) is 0 Å². The molecule has 5 saturated heterocycles. The number of fused-ring (bicyclic) bond motifs is 4. The summed E-state index contributed by atoms with van der Waals surface area (Å²) < 4.78 is 47.9. The van der Waals surface area contributed by atoms with Gasteiger partial charge in [0.05, 0.1) is 11.6 Å². The van der Waals surface area contributed by atoms with E-state index in [9.17, 15) is 9.18 Å². The molecule has 8 rings (SSSR count). The average molecular weight is 591 g/mol. The fourth-order valence-electron chi connectivity index (χ4n) is 8.34. The summed E-state index contributed by atoms with van der Waals surface area (Å²) in [7, 11) is 0. The number of esters is 1. The van der Waals surface area contributed by atoms with E-state index in [1.165, 1.54) is 0 Å². The van der Waals surface area contributed by atoms with Gasteiger partial charge in [-0.15, -0.1) is 0 Å². The van der Waals surface area contributed by atoms with E-state index >= 15 is 4.39 Å². The molecule has 6 aliphatic rings. The maximum Gasteiger partial charge on any atom is 0.327 e. The quantitative estimate of drug-likeness (QED) is 0.390. The van der Waals surface area contributed by atoms with Crippen LogP contribution in [0.25, 0.3) is 10.9 Å². The number of piperazine rings is 1. The first kappa shape index (κ1) is 26.1. The van der Waals surface area contributed by atoms with E-state index in [0.717, 1.165) is 19.4 Å². The molecule has 0 saturated carbocycles. The summed E-state index contributed by atoms with van der Waals surface area (Å²) >= 11 is 6.18. The number of rotatable bonds is 4. The van der Waals surface area contributed by atoms with Crippen molar-refractivity contribution in [1.82, 2.24) is 24.8 Å². The van der Waals surface area contributed by atoms with Crippen molar-refractivity contribution in [3.05, 3.63) is 11.0 Å². The van der Waals surface area contributed by atoms with Gasteiger partial charge in [0.25, 0.3) is 0 Å². The van der Waals surface area contributed by atoms with Crippen LogP contribution in [-0.2, 0) is 9.53 Å². The van der Waals surface area contributed by atoms with Crippen LogP contribution in [0.4, 0.5) is 14.6 Å². The number of carbonyl (C=O) groups excluding carboxylic acids is 1. The van der Waals surface area contributed by atoms with E-state index in [0.29, 0.717) is 43.6 Å². The van der Waals surface area contributed by atoms with Crippen molar-refractivity contribution in [2.75, 3.05) is 37.7 Å². The van der Waals surface area contributed by atoms with E-state index in [1.807, 2.05) is 20.8 Å². The molecule has 1 unspecified atom stereocenters. The van der Waals surface area contributed by atoms with Crippen molar-refractivity contribution in [1.29, 1.82) is 0 Å². The first-order valence-corrected chi connectivity index (χ1v) is 14.9. The highest BCUT2D eigenvalue weighted by Gasteiger charge is 2.72. The Hall–Kier alpha value is -2.57. The second kappa shape index (κ2) is 8.50. The van der Waals surface area contributed by atoms with Crippen molar-refractivity contribution < 1.29 is 27.8 Å². The van der Waals surface area contributed by atoms with E-state index in [-0.39, 0.29) is 59.9 Å². The van der Waals surface area contributed by atoms with Gasteiger partial charge in [0, 0.05) is 31.6 Å². The molecule has 5 fully saturated rings. The zero-order valence-corrected chi connectivity index (χ0v) is 24.1. The monoisotopic (exact) mass is 590 g/mol. The molecular formula is C28H33ClF2N6O4. The first-order chi connectivity index (χ1) is 19.5. The summed E-state index contributed by atoms with van der Waals surface area (Å²) in [5.74, 6) is -0.273. The molecule has 0 amide bonds. The summed E-state index contributed by atoms with van der Waals surface area (Å²) in [6.07, 6.45) is 2.66. The van der Waals surface area contributed by atoms with Gasteiger partial charge in [0.15, 0.2) is 11.0 Å². The molecule has 10 nitrogen and oxygen atoms in total. The number of nitrogens with zero attached hydrogens (tertiary/aromatic N) is 6. The summed E-state index contributed by atoms with van der Waals surface area (Å²) in [6, 6.07) is 0.0149. The summed E-state index contributed by atoms with van der Waals surface area (Å²) in [4.78, 5) is 33.2. The third-order valence-electron chi connectivity index (χ3n) is 9.96. The molecule has 41 heavy (non-hydrogen) atoms. The number of alkyl halides is 1. The topological polar surface area (TPSA) is 93.1 Å². The van der Waals surface area contributed by atoms with Crippen LogP contribution in [0.2, 0.25) is 5.15 Å². The third-order valence-corrected chi connectivity index (χ3v) is 10.2. The van der Waals surface area contributed by atoms with Crippen LogP contribution in [0, 0.1) is 5.82 Å². The van der Waals surface area contributed by atoms with Crippen LogP contribution in [-0.4, -0.2) is 105 Å². The van der Waals surface area contributed by atoms with Crippen LogP contribution in [0.15, 0.2) is 0 Å². The van der Waals surface area contributed by atoms with Gasteiger partial charge in [0.1, 0.15) is 47.2 Å². The zero-order valence-electron chi connectivity index (χ0n) is 23.3. The van der Waals surface area contributed by atoms with Crippen LogP contribution >= 0.6 is 11.6 Å². The Morgan fingerprint density at radius 1 is 1.17 bits per heavy atom. The van der Waals surface area contributed by atoms with Crippen molar-refractivity contribution in [3.63, 3.8) is 0 Å². The zero-order chi connectivity index (χ0) is 28.5. The predicted molar refractivity (Wildman–Crippen MR) is 145 cm³/mol. The molecule has 220 valence electrons. The molecule has 0 aromatic carbocycles. The fraction of sp³-hybridized carbons (Fsp3) is 0.714. The molecule has 0 radical (unpaired) electrons. The number of anilines is 1. The lowest BCUT2D eigenvalue weighted by molar-refractivity contribution is -0.240. The standard InChI is InChI=1S/C28H33ClF2N6O4/c1-26(2,3)41-24(38)28-8-15-11-36-17(16(9-28)37(15)28)12-39-23-18-20(19(31)21(29)33-23)32-25(34-22(18)36)40-13-27-5-4-6-35(27)10-14(30)7-27/h14-17H,4-13H2,1-3H3/t14-,15+,16-,17-,27+,28?/m1/s1. The fourth-order valence-corrected chi connectivity index (χ4v) is 8.50. The van der Waals surface area contributed by atoms with Crippen molar-refractivity contribution >= 4 is 34.3 Å². The van der Waals surface area contributed by atoms with Crippen LogP contribution in [0.5, 0.6) is 11.9 Å². The molecule has 0 N–H and O–H groups in total. The van der Waals surface area contributed by atoms with Crippen LogP contribution in [0.3, 0.4) is 0 Å². The van der Waals surface area contributed by atoms with Crippen molar-refractivity contribution in [3.8, 4) is 11.9 Å². The third kappa shape index (κ3) is 3.65. The highest BCUT2D eigenvalue weighted by atomic mass is 35.5. The number of hydrogen-bond acceptors (Lipinski definition) is 10. The Morgan fingerprint density at radius 3 is 2.80 bits per heavy atom. The highest BCUT2D eigenvalue weighted by Crippen LogP contribution is 2.58. The predicted octanol–water partition coefficient (Wildman–Crippen LogP) is 3.28. The van der Waals surface area contributed by atoms with Gasteiger partial charge in [-0.3, -0.25) is 14.6 Å². The molecule has 0 bridgehead atoms. The lowest BCUT2D eigenvalue weighted by Crippen LogP contribution is -2.89. The van der Waals surface area contributed by atoms with Gasteiger partial charge < -0.3 is 19.1 Å². The second-order valence-corrected chi connectivity index (χ2v) is 13.9. The van der Waals surface area contributed by atoms with E-state index in [2.05, 4.69) is 24.7 Å². The highest BCUT2D eigenvalue weighted by molar-refractivity contribution is 6.30. The summed E-state index contributed by atoms with van der Waals surface area (Å²) in [6.45, 7) is 7.95. The van der Waals surface area contributed by atoms with Crippen molar-refractivity contribution in [2.24, 2.45) is 0 Å². The largest absolute Gasteiger partial charge is 0.475 e. The molecular weight excluding hydrogens is 558 g/mol. The lowest BCUT2D eigenvalue weighted by atomic mass is 9.60. The van der Waals surface area contributed by atoms with Crippen LogP contribution < -0.4 is 14.4 Å². The number of piperidine rings is 1. The second-order valence-electron chi connectivity index (χ2n) is 13.5. The van der Waals surface area contributed by atoms with Gasteiger partial charge in [-0.05, 0) is 53.0 Å². The van der Waals surface area contributed by atoms with Gasteiger partial charge in [0.2, 0.25) is 5.88 Å². The van der Waals surface area contributed by atoms with Gasteiger partial charge in [-0.1, -0.05) is 11.6 Å².